The molecular weight excluding hydrogens is 281 g/mol. The van der Waals surface area contributed by atoms with Gasteiger partial charge in [0, 0.05) is 43.9 Å². The van der Waals surface area contributed by atoms with Gasteiger partial charge in [-0.05, 0) is 55.4 Å². The molecule has 0 N–H and O–H groups in total. The molecule has 0 amide bonds. The zero-order valence-corrected chi connectivity index (χ0v) is 16.4. The van der Waals surface area contributed by atoms with Crippen LogP contribution < -0.4 is 0 Å². The third-order valence-corrected chi connectivity index (χ3v) is 6.20. The average Bonchev–Trinajstić information content (AvgIpc) is 2.32. The molecule has 0 aliphatic rings. The van der Waals surface area contributed by atoms with E-state index in [1.165, 1.54) is 0 Å². The van der Waals surface area contributed by atoms with Crippen LogP contribution in [-0.4, -0.2) is 53.4 Å². The van der Waals surface area contributed by atoms with Gasteiger partial charge in [-0.2, -0.15) is 0 Å². The van der Waals surface area contributed by atoms with E-state index in [9.17, 15) is 0 Å². The van der Waals surface area contributed by atoms with Crippen molar-refractivity contribution in [2.45, 2.75) is 86.0 Å². The molecule has 0 saturated carbocycles. The summed E-state index contributed by atoms with van der Waals surface area (Å²) in [6, 6.07) is 1.87. The van der Waals surface area contributed by atoms with Gasteiger partial charge in [0.15, 0.2) is 8.45 Å². The molecule has 0 saturated heterocycles. The highest BCUT2D eigenvalue weighted by Gasteiger charge is 2.34. The van der Waals surface area contributed by atoms with Crippen molar-refractivity contribution in [2.75, 3.05) is 13.7 Å². The van der Waals surface area contributed by atoms with Crippen LogP contribution in [0.4, 0.5) is 0 Å². The number of nitrogens with zero attached hydrogens (tertiary/aromatic N) is 3. The van der Waals surface area contributed by atoms with Crippen LogP contribution in [0.2, 0.25) is 0 Å². The molecular formula is C16H36N3OP. The lowest BCUT2D eigenvalue weighted by Crippen LogP contribution is -2.43. The van der Waals surface area contributed by atoms with Crippen molar-refractivity contribution in [1.29, 1.82) is 0 Å². The van der Waals surface area contributed by atoms with Crippen LogP contribution in [0.25, 0.3) is 0 Å². The molecule has 0 aromatic heterocycles. The maximum atomic E-state index is 6.34. The van der Waals surface area contributed by atoms with E-state index in [1.807, 2.05) is 13.3 Å². The highest BCUT2D eigenvalue weighted by atomic mass is 31.2. The summed E-state index contributed by atoms with van der Waals surface area (Å²) in [6.45, 7) is 18.8. The molecule has 0 spiro atoms. The first-order valence-corrected chi connectivity index (χ1v) is 9.30. The minimum absolute atomic E-state index is 0.468. The normalized spacial score (nSPS) is 13.5. The first-order chi connectivity index (χ1) is 9.73. The summed E-state index contributed by atoms with van der Waals surface area (Å²) < 4.78 is 11.4. The Morgan fingerprint density at radius 2 is 1.24 bits per heavy atom. The lowest BCUT2D eigenvalue weighted by Gasteiger charge is -2.45. The van der Waals surface area contributed by atoms with E-state index in [4.69, 9.17) is 4.52 Å². The first kappa shape index (κ1) is 21.0. The minimum atomic E-state index is -0.757. The Labute approximate surface area is 133 Å². The summed E-state index contributed by atoms with van der Waals surface area (Å²) in [7, 11) is 1.05. The van der Waals surface area contributed by atoms with Crippen LogP contribution in [-0.2, 0) is 4.52 Å². The Morgan fingerprint density at radius 3 is 1.52 bits per heavy atom. The van der Waals surface area contributed by atoms with Gasteiger partial charge in [-0.1, -0.05) is 0 Å². The van der Waals surface area contributed by atoms with Crippen molar-refractivity contribution in [3.63, 3.8) is 0 Å². The summed E-state index contributed by atoms with van der Waals surface area (Å²) in [5.74, 6) is 0. The van der Waals surface area contributed by atoms with E-state index in [-0.39, 0.29) is 0 Å². The van der Waals surface area contributed by atoms with Gasteiger partial charge in [-0.15, -0.1) is 0 Å². The Kier molecular flexibility index (Phi) is 10.7. The van der Waals surface area contributed by atoms with E-state index in [2.05, 4.69) is 69.7 Å². The Hall–Kier alpha value is -0.0200. The second-order valence-electron chi connectivity index (χ2n) is 6.45. The first-order valence-electron chi connectivity index (χ1n) is 8.14. The molecule has 0 aromatic carbocycles. The van der Waals surface area contributed by atoms with Crippen molar-refractivity contribution in [3.05, 3.63) is 0 Å². The molecule has 0 aliphatic heterocycles. The zero-order chi connectivity index (χ0) is 16.6. The van der Waals surface area contributed by atoms with Gasteiger partial charge in [0.2, 0.25) is 0 Å². The van der Waals surface area contributed by atoms with Crippen molar-refractivity contribution >= 4 is 14.7 Å². The fourth-order valence-electron chi connectivity index (χ4n) is 2.55. The Morgan fingerprint density at radius 1 is 0.857 bits per heavy atom. The topological polar surface area (TPSA) is 28.1 Å². The average molecular weight is 317 g/mol. The minimum Gasteiger partial charge on any atom is -0.331 e. The highest BCUT2D eigenvalue weighted by molar-refractivity contribution is 7.47. The lowest BCUT2D eigenvalue weighted by molar-refractivity contribution is 0.189. The van der Waals surface area contributed by atoms with Gasteiger partial charge in [0.25, 0.3) is 0 Å². The summed E-state index contributed by atoms with van der Waals surface area (Å²) in [5, 5.41) is 0. The van der Waals surface area contributed by atoms with E-state index in [0.717, 1.165) is 13.0 Å². The van der Waals surface area contributed by atoms with Gasteiger partial charge < -0.3 is 9.52 Å². The third-order valence-electron chi connectivity index (χ3n) is 3.15. The fraction of sp³-hybridized carbons (Fsp3) is 0.938. The molecule has 0 heterocycles. The zero-order valence-electron chi connectivity index (χ0n) is 15.5. The van der Waals surface area contributed by atoms with Crippen LogP contribution in [0, 0.1) is 0 Å². The second-order valence-corrected chi connectivity index (χ2v) is 8.14. The van der Waals surface area contributed by atoms with Crippen molar-refractivity contribution in [2.24, 2.45) is 4.99 Å². The molecule has 0 aromatic rings. The number of rotatable bonds is 10. The molecule has 0 rings (SSSR count). The van der Waals surface area contributed by atoms with Crippen LogP contribution in [0.5, 0.6) is 0 Å². The summed E-state index contributed by atoms with van der Waals surface area (Å²) in [5.41, 5.74) is 0. The van der Waals surface area contributed by atoms with Crippen molar-refractivity contribution in [3.8, 4) is 0 Å². The molecule has 5 heteroatoms. The van der Waals surface area contributed by atoms with Crippen molar-refractivity contribution in [1.82, 2.24) is 9.34 Å². The third kappa shape index (κ3) is 7.19. The SMILES string of the molecule is C/N=C/CCOP(N(C(C)C)C(C)C)N(C(C)C)C(C)C. The van der Waals surface area contributed by atoms with E-state index < -0.39 is 8.45 Å². The highest BCUT2D eigenvalue weighted by Crippen LogP contribution is 2.50. The second kappa shape index (κ2) is 10.7. The number of aliphatic imine (C=N–C) groups is 1. The predicted molar refractivity (Wildman–Crippen MR) is 96.1 cm³/mol. The van der Waals surface area contributed by atoms with Crippen LogP contribution >= 0.6 is 8.45 Å². The van der Waals surface area contributed by atoms with Gasteiger partial charge in [0.1, 0.15) is 0 Å². The van der Waals surface area contributed by atoms with Gasteiger partial charge in [0.05, 0.1) is 6.61 Å². The van der Waals surface area contributed by atoms with Crippen molar-refractivity contribution < 1.29 is 4.52 Å². The monoisotopic (exact) mass is 317 g/mol. The molecule has 0 unspecified atom stereocenters. The van der Waals surface area contributed by atoms with E-state index in [0.29, 0.717) is 24.2 Å². The van der Waals surface area contributed by atoms with E-state index >= 15 is 0 Å². The molecule has 0 bridgehead atoms. The molecule has 0 aliphatic carbocycles. The lowest BCUT2D eigenvalue weighted by atomic mass is 10.3. The predicted octanol–water partition coefficient (Wildman–Crippen LogP) is 4.56. The van der Waals surface area contributed by atoms with Gasteiger partial charge in [-0.3, -0.25) is 0 Å². The molecule has 21 heavy (non-hydrogen) atoms. The molecule has 126 valence electrons. The Balaban J connectivity index is 5.21. The summed E-state index contributed by atoms with van der Waals surface area (Å²) in [6.07, 6.45) is 2.81. The Bertz CT molecular complexity index is 257. The standard InChI is InChI=1S/C16H36N3OP/c1-13(2)18(14(3)4)21(20-12-10-11-17-9)19(15(5)6)16(7)8/h11,13-16H,10,12H2,1-9H3/b17-11+. The fourth-order valence-corrected chi connectivity index (χ4v) is 4.91. The van der Waals surface area contributed by atoms with Gasteiger partial charge in [-0.25, -0.2) is 9.34 Å². The van der Waals surface area contributed by atoms with Crippen LogP contribution in [0.1, 0.15) is 61.8 Å². The largest absolute Gasteiger partial charge is 0.331 e. The summed E-state index contributed by atoms with van der Waals surface area (Å²) >= 11 is 0. The summed E-state index contributed by atoms with van der Waals surface area (Å²) in [4.78, 5) is 4.04. The van der Waals surface area contributed by atoms with Gasteiger partial charge >= 0.3 is 0 Å². The maximum absolute atomic E-state index is 6.34. The molecule has 0 radical (unpaired) electrons. The van der Waals surface area contributed by atoms with Crippen LogP contribution in [0.15, 0.2) is 4.99 Å². The molecule has 0 atom stereocenters. The van der Waals surface area contributed by atoms with Crippen LogP contribution in [0.3, 0.4) is 0 Å². The molecule has 0 fully saturated rings. The maximum Gasteiger partial charge on any atom is 0.188 e. The number of hydrogen-bond donors (Lipinski definition) is 0. The smallest absolute Gasteiger partial charge is 0.188 e. The van der Waals surface area contributed by atoms with E-state index in [1.54, 1.807) is 0 Å². The molecule has 4 nitrogen and oxygen atoms in total. The quantitative estimate of drug-likeness (QED) is 0.336. The number of hydrogen-bond acceptors (Lipinski definition) is 4.